The highest BCUT2D eigenvalue weighted by molar-refractivity contribution is 7.98. The highest BCUT2D eigenvalue weighted by Crippen LogP contribution is 2.22. The molecule has 100 valence electrons. The van der Waals surface area contributed by atoms with Crippen LogP contribution in [0.4, 0.5) is 26.1 Å². The number of hydrogen-bond donors (Lipinski definition) is 3. The van der Waals surface area contributed by atoms with E-state index < -0.39 is 11.6 Å². The quantitative estimate of drug-likeness (QED) is 0.346. The normalized spacial score (nSPS) is 10.3. The lowest BCUT2D eigenvalue weighted by atomic mass is 10.3. The van der Waals surface area contributed by atoms with Crippen molar-refractivity contribution in [3.8, 4) is 0 Å². The Morgan fingerprint density at radius 1 is 1.16 bits per heavy atom. The summed E-state index contributed by atoms with van der Waals surface area (Å²) in [6.45, 7) is 0. The molecule has 0 aliphatic carbocycles. The molecule has 4 N–H and O–H groups in total. The average molecular weight is 283 g/mol. The SMILES string of the molecule is CSc1nc(NN)cc(Nc2ccc(F)cc2F)n1. The number of halogens is 2. The Morgan fingerprint density at radius 2 is 1.89 bits per heavy atom. The minimum absolute atomic E-state index is 0.120. The van der Waals surface area contributed by atoms with Crippen molar-refractivity contribution in [1.82, 2.24) is 9.97 Å². The van der Waals surface area contributed by atoms with Gasteiger partial charge in [-0.1, -0.05) is 11.8 Å². The van der Waals surface area contributed by atoms with Crippen LogP contribution in [0.25, 0.3) is 0 Å². The Balaban J connectivity index is 2.31. The summed E-state index contributed by atoms with van der Waals surface area (Å²) >= 11 is 1.32. The van der Waals surface area contributed by atoms with Crippen LogP contribution in [-0.4, -0.2) is 16.2 Å². The molecule has 5 nitrogen and oxygen atoms in total. The maximum absolute atomic E-state index is 13.5. The Labute approximate surface area is 112 Å². The minimum Gasteiger partial charge on any atom is -0.338 e. The van der Waals surface area contributed by atoms with Gasteiger partial charge in [-0.3, -0.25) is 0 Å². The molecule has 0 saturated carbocycles. The van der Waals surface area contributed by atoms with Crippen LogP contribution in [0.1, 0.15) is 0 Å². The fourth-order valence-electron chi connectivity index (χ4n) is 1.38. The van der Waals surface area contributed by atoms with Gasteiger partial charge in [0.25, 0.3) is 0 Å². The zero-order valence-electron chi connectivity index (χ0n) is 9.95. The van der Waals surface area contributed by atoms with Gasteiger partial charge in [-0.2, -0.15) is 0 Å². The van der Waals surface area contributed by atoms with Crippen molar-refractivity contribution >= 4 is 29.1 Å². The highest BCUT2D eigenvalue weighted by atomic mass is 32.2. The lowest BCUT2D eigenvalue weighted by Crippen LogP contribution is -2.10. The zero-order chi connectivity index (χ0) is 13.8. The van der Waals surface area contributed by atoms with Crippen molar-refractivity contribution < 1.29 is 8.78 Å². The predicted octanol–water partition coefficient (Wildman–Crippen LogP) is 2.51. The van der Waals surface area contributed by atoms with Gasteiger partial charge in [-0.05, 0) is 18.4 Å². The van der Waals surface area contributed by atoms with Gasteiger partial charge < -0.3 is 10.7 Å². The molecule has 1 heterocycles. The Bertz CT molecular complexity index is 571. The fourth-order valence-corrected chi connectivity index (χ4v) is 1.76. The number of hydrazine groups is 1. The van der Waals surface area contributed by atoms with Gasteiger partial charge in [0.05, 0.1) is 5.69 Å². The number of nitrogens with two attached hydrogens (primary N) is 1. The largest absolute Gasteiger partial charge is 0.338 e. The molecule has 0 fully saturated rings. The van der Waals surface area contributed by atoms with Crippen LogP contribution in [0.3, 0.4) is 0 Å². The first kappa shape index (κ1) is 13.5. The number of hydrogen-bond acceptors (Lipinski definition) is 6. The third-order valence-electron chi connectivity index (χ3n) is 2.23. The molecule has 1 aromatic heterocycles. The van der Waals surface area contributed by atoms with E-state index in [9.17, 15) is 8.78 Å². The molecule has 1 aromatic carbocycles. The zero-order valence-corrected chi connectivity index (χ0v) is 10.8. The average Bonchev–Trinajstić information content (AvgIpc) is 2.41. The van der Waals surface area contributed by atoms with Crippen molar-refractivity contribution in [3.63, 3.8) is 0 Å². The Morgan fingerprint density at radius 3 is 2.53 bits per heavy atom. The molecule has 0 bridgehead atoms. The van der Waals surface area contributed by atoms with Crippen molar-refractivity contribution in [2.45, 2.75) is 5.16 Å². The van der Waals surface area contributed by atoms with Crippen LogP contribution in [0.2, 0.25) is 0 Å². The van der Waals surface area contributed by atoms with Crippen LogP contribution in [0, 0.1) is 11.6 Å². The van der Waals surface area contributed by atoms with E-state index in [1.54, 1.807) is 6.26 Å². The third kappa shape index (κ3) is 3.30. The number of benzene rings is 1. The highest BCUT2D eigenvalue weighted by Gasteiger charge is 2.07. The molecule has 0 amide bonds. The topological polar surface area (TPSA) is 75.9 Å². The number of rotatable bonds is 4. The van der Waals surface area contributed by atoms with Gasteiger partial charge in [0.1, 0.15) is 23.3 Å². The van der Waals surface area contributed by atoms with Gasteiger partial charge in [0.15, 0.2) is 5.16 Å². The Hall–Kier alpha value is -1.93. The van der Waals surface area contributed by atoms with Crippen LogP contribution in [-0.2, 0) is 0 Å². The molecule has 2 aromatic rings. The monoisotopic (exact) mass is 283 g/mol. The summed E-state index contributed by atoms with van der Waals surface area (Å²) in [5.41, 5.74) is 2.51. The van der Waals surface area contributed by atoms with Crippen molar-refractivity contribution in [1.29, 1.82) is 0 Å². The maximum atomic E-state index is 13.5. The molecule has 0 spiro atoms. The summed E-state index contributed by atoms with van der Waals surface area (Å²) < 4.78 is 26.3. The molecule has 0 unspecified atom stereocenters. The first-order valence-corrected chi connectivity index (χ1v) is 6.46. The number of nitrogens with one attached hydrogen (secondary N) is 2. The minimum atomic E-state index is -0.702. The third-order valence-corrected chi connectivity index (χ3v) is 2.78. The van der Waals surface area contributed by atoms with Crippen LogP contribution in [0.15, 0.2) is 29.4 Å². The van der Waals surface area contributed by atoms with Crippen molar-refractivity contribution in [3.05, 3.63) is 35.9 Å². The van der Waals surface area contributed by atoms with Gasteiger partial charge >= 0.3 is 0 Å². The summed E-state index contributed by atoms with van der Waals surface area (Å²) in [5.74, 6) is 4.70. The first-order valence-electron chi connectivity index (χ1n) is 5.24. The molecule has 19 heavy (non-hydrogen) atoms. The number of nitrogen functional groups attached to an aromatic ring is 1. The van der Waals surface area contributed by atoms with E-state index in [0.717, 1.165) is 12.1 Å². The van der Waals surface area contributed by atoms with E-state index in [-0.39, 0.29) is 5.69 Å². The van der Waals surface area contributed by atoms with E-state index in [1.807, 2.05) is 0 Å². The standard InChI is InChI=1S/C11H11F2N5S/c1-19-11-16-9(5-10(17-11)18-14)15-8-3-2-6(12)4-7(8)13/h2-5H,14H2,1H3,(H2,15,16,17,18). The lowest BCUT2D eigenvalue weighted by molar-refractivity contribution is 0.586. The van der Waals surface area contributed by atoms with E-state index in [2.05, 4.69) is 20.7 Å². The number of anilines is 3. The van der Waals surface area contributed by atoms with Crippen LogP contribution < -0.4 is 16.6 Å². The second kappa shape index (κ2) is 5.81. The summed E-state index contributed by atoms with van der Waals surface area (Å²) in [6.07, 6.45) is 1.80. The predicted molar refractivity (Wildman–Crippen MR) is 71.3 cm³/mol. The van der Waals surface area contributed by atoms with E-state index >= 15 is 0 Å². The van der Waals surface area contributed by atoms with Crippen LogP contribution in [0.5, 0.6) is 0 Å². The van der Waals surface area contributed by atoms with Gasteiger partial charge in [0.2, 0.25) is 0 Å². The fraction of sp³-hybridized carbons (Fsp3) is 0.0909. The number of aromatic nitrogens is 2. The number of nitrogens with zero attached hydrogens (tertiary/aromatic N) is 2. The smallest absolute Gasteiger partial charge is 0.191 e. The molecule has 0 radical (unpaired) electrons. The van der Waals surface area contributed by atoms with E-state index in [1.165, 1.54) is 23.9 Å². The summed E-state index contributed by atoms with van der Waals surface area (Å²) in [6, 6.07) is 4.76. The molecule has 8 heteroatoms. The molecule has 0 aliphatic rings. The van der Waals surface area contributed by atoms with Gasteiger partial charge in [-0.15, -0.1) is 0 Å². The van der Waals surface area contributed by atoms with Gasteiger partial charge in [-0.25, -0.2) is 24.6 Å². The summed E-state index contributed by atoms with van der Waals surface area (Å²) in [4.78, 5) is 8.21. The lowest BCUT2D eigenvalue weighted by Gasteiger charge is -2.09. The molecule has 0 aliphatic heterocycles. The molecule has 0 atom stereocenters. The number of thioether (sulfide) groups is 1. The molecule has 0 saturated heterocycles. The molecular weight excluding hydrogens is 272 g/mol. The van der Waals surface area contributed by atoms with Crippen LogP contribution >= 0.6 is 11.8 Å². The second-order valence-corrected chi connectivity index (χ2v) is 4.29. The van der Waals surface area contributed by atoms with Gasteiger partial charge in [0, 0.05) is 12.1 Å². The van der Waals surface area contributed by atoms with E-state index in [4.69, 9.17) is 5.84 Å². The van der Waals surface area contributed by atoms with E-state index in [0.29, 0.717) is 16.8 Å². The van der Waals surface area contributed by atoms with Crippen molar-refractivity contribution in [2.75, 3.05) is 17.0 Å². The maximum Gasteiger partial charge on any atom is 0.191 e. The molecular formula is C11H11F2N5S. The Kier molecular flexibility index (Phi) is 4.13. The van der Waals surface area contributed by atoms with Crippen molar-refractivity contribution in [2.24, 2.45) is 5.84 Å². The summed E-state index contributed by atoms with van der Waals surface area (Å²) in [5, 5.41) is 3.22. The second-order valence-electron chi connectivity index (χ2n) is 3.52. The summed E-state index contributed by atoms with van der Waals surface area (Å²) in [7, 11) is 0. The first-order chi connectivity index (χ1) is 9.12. The molecule has 2 rings (SSSR count).